The highest BCUT2D eigenvalue weighted by Crippen LogP contribution is 2.60. The summed E-state index contributed by atoms with van der Waals surface area (Å²) in [4.78, 5) is 0. The summed E-state index contributed by atoms with van der Waals surface area (Å²) in [5, 5.41) is 13.9. The van der Waals surface area contributed by atoms with Gasteiger partial charge in [-0.3, -0.25) is 0 Å². The molecule has 3 nitrogen and oxygen atoms in total. The zero-order valence-corrected chi connectivity index (χ0v) is 12.5. The largest absolute Gasteiger partial charge is 0.496 e. The first kappa shape index (κ1) is 13.9. The third kappa shape index (κ3) is 2.84. The lowest BCUT2D eigenvalue weighted by Crippen LogP contribution is -2.29. The summed E-state index contributed by atoms with van der Waals surface area (Å²) in [6.45, 7) is 3.70. The summed E-state index contributed by atoms with van der Waals surface area (Å²) in [5.74, 6) is 1.73. The highest BCUT2D eigenvalue weighted by molar-refractivity contribution is 5.38. The summed E-state index contributed by atoms with van der Waals surface area (Å²) in [7, 11) is 1.65. The van der Waals surface area contributed by atoms with Crippen LogP contribution in [0.25, 0.3) is 0 Å². The van der Waals surface area contributed by atoms with E-state index in [0.29, 0.717) is 12.0 Å². The van der Waals surface area contributed by atoms with Crippen molar-refractivity contribution >= 4 is 0 Å². The normalized spacial score (nSPS) is 21.6. The second kappa shape index (κ2) is 5.38. The van der Waals surface area contributed by atoms with Crippen molar-refractivity contribution in [2.45, 2.75) is 38.7 Å². The number of nitrogens with one attached hydrogen (secondary N) is 1. The Labute approximate surface area is 121 Å². The van der Waals surface area contributed by atoms with Gasteiger partial charge in [0.05, 0.1) is 13.2 Å². The minimum Gasteiger partial charge on any atom is -0.496 e. The monoisotopic (exact) mass is 275 g/mol. The first-order valence-electron chi connectivity index (χ1n) is 7.68. The number of ether oxygens (including phenoxy) is 1. The Kier molecular flexibility index (Phi) is 3.74. The van der Waals surface area contributed by atoms with Crippen molar-refractivity contribution < 1.29 is 9.84 Å². The molecule has 0 aromatic heterocycles. The molecule has 2 saturated carbocycles. The van der Waals surface area contributed by atoms with Crippen LogP contribution in [-0.4, -0.2) is 25.3 Å². The van der Waals surface area contributed by atoms with Crippen molar-refractivity contribution in [2.24, 2.45) is 11.3 Å². The van der Waals surface area contributed by atoms with Crippen LogP contribution in [0, 0.1) is 18.3 Å². The first-order chi connectivity index (χ1) is 9.64. The summed E-state index contributed by atoms with van der Waals surface area (Å²) in [6.07, 6.45) is 5.06. The molecule has 0 heterocycles. The van der Waals surface area contributed by atoms with E-state index in [0.717, 1.165) is 29.3 Å². The van der Waals surface area contributed by atoms with Gasteiger partial charge in [-0.05, 0) is 56.1 Å². The Morgan fingerprint density at radius 2 is 2.15 bits per heavy atom. The molecule has 110 valence electrons. The van der Waals surface area contributed by atoms with Gasteiger partial charge in [0.1, 0.15) is 5.75 Å². The predicted molar refractivity (Wildman–Crippen MR) is 80.0 cm³/mol. The molecule has 0 saturated heterocycles. The number of aliphatic hydroxyl groups is 1. The van der Waals surface area contributed by atoms with E-state index in [2.05, 4.69) is 5.32 Å². The highest BCUT2D eigenvalue weighted by atomic mass is 16.5. The van der Waals surface area contributed by atoms with Gasteiger partial charge in [0.2, 0.25) is 0 Å². The number of aryl methyl sites for hydroxylation is 1. The van der Waals surface area contributed by atoms with Crippen LogP contribution in [0.4, 0.5) is 0 Å². The zero-order chi connectivity index (χ0) is 14.2. The van der Waals surface area contributed by atoms with Crippen LogP contribution in [0.5, 0.6) is 5.75 Å². The fourth-order valence-electron chi connectivity index (χ4n) is 3.27. The van der Waals surface area contributed by atoms with Crippen molar-refractivity contribution in [1.82, 2.24) is 5.32 Å². The molecule has 0 bridgehead atoms. The van der Waals surface area contributed by atoms with E-state index in [-0.39, 0.29) is 0 Å². The van der Waals surface area contributed by atoms with Gasteiger partial charge in [-0.25, -0.2) is 0 Å². The quantitative estimate of drug-likeness (QED) is 0.804. The third-order valence-electron chi connectivity index (χ3n) is 4.89. The molecule has 1 atom stereocenters. The molecule has 3 rings (SSSR count). The SMILES string of the molecule is COc1ccc(C)cc1C(O)CNCC1(C2CC2)CC1. The Hall–Kier alpha value is -1.06. The van der Waals surface area contributed by atoms with Crippen molar-refractivity contribution in [3.8, 4) is 5.75 Å². The molecule has 0 amide bonds. The van der Waals surface area contributed by atoms with Crippen LogP contribution in [0.15, 0.2) is 18.2 Å². The maximum atomic E-state index is 10.4. The van der Waals surface area contributed by atoms with Crippen LogP contribution in [0.3, 0.4) is 0 Å². The van der Waals surface area contributed by atoms with Gasteiger partial charge >= 0.3 is 0 Å². The molecule has 1 aromatic carbocycles. The van der Waals surface area contributed by atoms with Gasteiger partial charge in [0.15, 0.2) is 0 Å². The van der Waals surface area contributed by atoms with E-state index in [4.69, 9.17) is 4.74 Å². The number of benzene rings is 1. The van der Waals surface area contributed by atoms with E-state index in [9.17, 15) is 5.11 Å². The molecule has 1 unspecified atom stereocenters. The van der Waals surface area contributed by atoms with Gasteiger partial charge in [0, 0.05) is 18.7 Å². The minimum absolute atomic E-state index is 0.500. The van der Waals surface area contributed by atoms with Gasteiger partial charge in [-0.15, -0.1) is 0 Å². The molecule has 3 heteroatoms. The van der Waals surface area contributed by atoms with E-state index in [1.54, 1.807) is 7.11 Å². The third-order valence-corrected chi connectivity index (χ3v) is 4.89. The van der Waals surface area contributed by atoms with E-state index >= 15 is 0 Å². The molecule has 2 N–H and O–H groups in total. The lowest BCUT2D eigenvalue weighted by molar-refractivity contribution is 0.167. The van der Waals surface area contributed by atoms with Crippen molar-refractivity contribution in [3.05, 3.63) is 29.3 Å². The van der Waals surface area contributed by atoms with Crippen LogP contribution in [0.2, 0.25) is 0 Å². The Bertz CT molecular complexity index is 478. The first-order valence-corrected chi connectivity index (χ1v) is 7.68. The molecule has 0 radical (unpaired) electrons. The molecule has 0 spiro atoms. The number of rotatable bonds is 7. The van der Waals surface area contributed by atoms with E-state index < -0.39 is 6.10 Å². The van der Waals surface area contributed by atoms with Gasteiger partial charge in [0.25, 0.3) is 0 Å². The fraction of sp³-hybridized carbons (Fsp3) is 0.647. The summed E-state index contributed by atoms with van der Waals surface area (Å²) in [5.41, 5.74) is 2.61. The number of hydrogen-bond donors (Lipinski definition) is 2. The molecule has 2 aliphatic carbocycles. The molecule has 2 aliphatic rings. The number of hydrogen-bond acceptors (Lipinski definition) is 3. The van der Waals surface area contributed by atoms with E-state index in [1.165, 1.54) is 25.7 Å². The van der Waals surface area contributed by atoms with Crippen LogP contribution < -0.4 is 10.1 Å². The fourth-order valence-corrected chi connectivity index (χ4v) is 3.27. The van der Waals surface area contributed by atoms with Crippen LogP contribution in [0.1, 0.15) is 42.9 Å². The van der Waals surface area contributed by atoms with Gasteiger partial charge < -0.3 is 15.2 Å². The minimum atomic E-state index is -0.500. The van der Waals surface area contributed by atoms with Crippen molar-refractivity contribution in [2.75, 3.05) is 20.2 Å². The van der Waals surface area contributed by atoms with Crippen LogP contribution >= 0.6 is 0 Å². The summed E-state index contributed by atoms with van der Waals surface area (Å²) >= 11 is 0. The average Bonchev–Trinajstić information content (AvgIpc) is 3.30. The van der Waals surface area contributed by atoms with Gasteiger partial charge in [-0.2, -0.15) is 0 Å². The van der Waals surface area contributed by atoms with Crippen molar-refractivity contribution in [1.29, 1.82) is 0 Å². The Morgan fingerprint density at radius 3 is 2.75 bits per heavy atom. The predicted octanol–water partition coefficient (Wildman–Crippen LogP) is 2.82. The highest BCUT2D eigenvalue weighted by Gasteiger charge is 2.53. The molecular weight excluding hydrogens is 250 g/mol. The number of methoxy groups -OCH3 is 1. The van der Waals surface area contributed by atoms with Crippen molar-refractivity contribution in [3.63, 3.8) is 0 Å². The Balaban J connectivity index is 1.56. The van der Waals surface area contributed by atoms with Gasteiger partial charge in [-0.1, -0.05) is 11.6 Å². The zero-order valence-electron chi connectivity index (χ0n) is 12.5. The average molecular weight is 275 g/mol. The number of aliphatic hydroxyl groups excluding tert-OH is 1. The second-order valence-corrected chi connectivity index (χ2v) is 6.53. The molecule has 20 heavy (non-hydrogen) atoms. The maximum absolute atomic E-state index is 10.4. The standard InChI is InChI=1S/C17H25NO2/c1-12-3-6-16(20-2)14(9-12)15(19)10-18-11-17(7-8-17)13-4-5-13/h3,6,9,13,15,18-19H,4-5,7-8,10-11H2,1-2H3. The molecular formula is C17H25NO2. The summed E-state index contributed by atoms with van der Waals surface area (Å²) < 4.78 is 5.34. The lowest BCUT2D eigenvalue weighted by atomic mass is 10.0. The maximum Gasteiger partial charge on any atom is 0.124 e. The summed E-state index contributed by atoms with van der Waals surface area (Å²) in [6, 6.07) is 5.95. The van der Waals surface area contributed by atoms with E-state index in [1.807, 2.05) is 25.1 Å². The molecule has 1 aromatic rings. The molecule has 0 aliphatic heterocycles. The topological polar surface area (TPSA) is 41.5 Å². The lowest BCUT2D eigenvalue weighted by Gasteiger charge is -2.19. The second-order valence-electron chi connectivity index (χ2n) is 6.53. The smallest absolute Gasteiger partial charge is 0.124 e. The molecule has 2 fully saturated rings. The Morgan fingerprint density at radius 1 is 1.40 bits per heavy atom. The van der Waals surface area contributed by atoms with Crippen LogP contribution in [-0.2, 0) is 0 Å².